The highest BCUT2D eigenvalue weighted by Gasteiger charge is 2.19. The molecule has 0 aromatic rings. The Bertz CT molecular complexity index is 1550. The minimum atomic E-state index is -0.809. The summed E-state index contributed by atoms with van der Waals surface area (Å²) in [6, 6.07) is 0. The molecule has 0 heterocycles. The van der Waals surface area contributed by atoms with Crippen LogP contribution >= 0.6 is 0 Å². The fourth-order valence-electron chi connectivity index (χ4n) is 8.09. The second kappa shape index (κ2) is 61.4. The lowest BCUT2D eigenvalue weighted by Gasteiger charge is -2.18. The molecule has 0 N–H and O–H groups in total. The molecule has 6 nitrogen and oxygen atoms in total. The molecule has 0 aliphatic carbocycles. The number of hydrogen-bond donors (Lipinski definition) is 0. The van der Waals surface area contributed by atoms with Crippen LogP contribution in [0.15, 0.2) is 122 Å². The van der Waals surface area contributed by atoms with Gasteiger partial charge in [-0.25, -0.2) is 0 Å². The monoisotopic (exact) mass is 1020 g/mol. The maximum absolute atomic E-state index is 12.9. The van der Waals surface area contributed by atoms with Crippen LogP contribution in [-0.4, -0.2) is 37.2 Å². The Morgan fingerprint density at radius 2 is 0.527 bits per heavy atom. The van der Waals surface area contributed by atoms with Crippen molar-refractivity contribution < 1.29 is 28.6 Å². The molecular formula is C68H112O6. The highest BCUT2D eigenvalue weighted by Crippen LogP contribution is 2.14. The van der Waals surface area contributed by atoms with Crippen LogP contribution in [0.2, 0.25) is 0 Å². The van der Waals surface area contributed by atoms with Crippen LogP contribution in [0, 0.1) is 0 Å². The van der Waals surface area contributed by atoms with Crippen LogP contribution in [0.25, 0.3) is 0 Å². The predicted molar refractivity (Wildman–Crippen MR) is 320 cm³/mol. The summed E-state index contributed by atoms with van der Waals surface area (Å²) >= 11 is 0. The molecule has 0 bridgehead atoms. The van der Waals surface area contributed by atoms with E-state index in [1.165, 1.54) is 109 Å². The van der Waals surface area contributed by atoms with E-state index in [1.54, 1.807) is 0 Å². The Balaban J connectivity index is 4.51. The Morgan fingerprint density at radius 3 is 0.878 bits per heavy atom. The van der Waals surface area contributed by atoms with E-state index < -0.39 is 6.10 Å². The van der Waals surface area contributed by atoms with Crippen molar-refractivity contribution in [3.8, 4) is 0 Å². The summed E-state index contributed by atoms with van der Waals surface area (Å²) in [4.78, 5) is 38.3. The number of esters is 3. The number of allylic oxidation sites excluding steroid dienone is 20. The van der Waals surface area contributed by atoms with E-state index in [2.05, 4.69) is 142 Å². The third-order valence-corrected chi connectivity index (χ3v) is 12.7. The summed E-state index contributed by atoms with van der Waals surface area (Å²) in [7, 11) is 0. The number of ether oxygens (including phenoxy) is 3. The van der Waals surface area contributed by atoms with Gasteiger partial charge in [-0.2, -0.15) is 0 Å². The minimum absolute atomic E-state index is 0.102. The van der Waals surface area contributed by atoms with E-state index in [0.29, 0.717) is 25.7 Å². The Hall–Kier alpha value is -4.19. The first kappa shape index (κ1) is 69.8. The van der Waals surface area contributed by atoms with Gasteiger partial charge in [0.05, 0.1) is 0 Å². The SMILES string of the molecule is CC/C=C\C/C=C\C/C=C\C/C=C\C/C=C\C/C=C\CCCCC(=O)OCC(COC(=O)CCCCCCCCC/C=C\C/C=C\CCCCC)OC(=O)CCCCCCCCC/C=C\C/C=C\CCCCCC. The highest BCUT2D eigenvalue weighted by atomic mass is 16.6. The minimum Gasteiger partial charge on any atom is -0.462 e. The smallest absolute Gasteiger partial charge is 0.306 e. The van der Waals surface area contributed by atoms with Crippen molar-refractivity contribution in [2.75, 3.05) is 13.2 Å². The third kappa shape index (κ3) is 58.7. The lowest BCUT2D eigenvalue weighted by atomic mass is 10.1. The molecule has 74 heavy (non-hydrogen) atoms. The van der Waals surface area contributed by atoms with Gasteiger partial charge in [0.1, 0.15) is 13.2 Å². The van der Waals surface area contributed by atoms with Crippen molar-refractivity contribution in [2.24, 2.45) is 0 Å². The molecule has 0 aliphatic heterocycles. The molecule has 0 rings (SSSR count). The van der Waals surface area contributed by atoms with Gasteiger partial charge in [0.25, 0.3) is 0 Å². The van der Waals surface area contributed by atoms with E-state index in [9.17, 15) is 14.4 Å². The number of rotatable bonds is 54. The largest absolute Gasteiger partial charge is 0.462 e. The predicted octanol–water partition coefficient (Wildman–Crippen LogP) is 20.8. The molecule has 1 atom stereocenters. The van der Waals surface area contributed by atoms with E-state index >= 15 is 0 Å². The van der Waals surface area contributed by atoms with Gasteiger partial charge in [0.15, 0.2) is 6.10 Å². The van der Waals surface area contributed by atoms with Gasteiger partial charge in [-0.1, -0.05) is 239 Å². The Morgan fingerprint density at radius 1 is 0.284 bits per heavy atom. The molecular weight excluding hydrogens is 913 g/mol. The van der Waals surface area contributed by atoms with Crippen LogP contribution in [0.5, 0.6) is 0 Å². The maximum Gasteiger partial charge on any atom is 0.306 e. The van der Waals surface area contributed by atoms with Gasteiger partial charge in [-0.15, -0.1) is 0 Å². The van der Waals surface area contributed by atoms with E-state index in [1.807, 2.05) is 0 Å². The van der Waals surface area contributed by atoms with Crippen LogP contribution in [0.3, 0.4) is 0 Å². The molecule has 0 aromatic carbocycles. The summed E-state index contributed by atoms with van der Waals surface area (Å²) in [5.41, 5.74) is 0. The first-order valence-corrected chi connectivity index (χ1v) is 30.5. The van der Waals surface area contributed by atoms with Crippen LogP contribution in [0.1, 0.15) is 271 Å². The molecule has 0 aromatic heterocycles. The van der Waals surface area contributed by atoms with Crippen LogP contribution in [-0.2, 0) is 28.6 Å². The number of unbranched alkanes of at least 4 members (excludes halogenated alkanes) is 23. The fraction of sp³-hybridized carbons (Fsp3) is 0.662. The van der Waals surface area contributed by atoms with E-state index in [-0.39, 0.29) is 31.1 Å². The van der Waals surface area contributed by atoms with Gasteiger partial charge >= 0.3 is 17.9 Å². The van der Waals surface area contributed by atoms with Crippen molar-refractivity contribution >= 4 is 17.9 Å². The third-order valence-electron chi connectivity index (χ3n) is 12.7. The van der Waals surface area contributed by atoms with Crippen molar-refractivity contribution in [1.82, 2.24) is 0 Å². The summed E-state index contributed by atoms with van der Waals surface area (Å²) in [6.45, 7) is 6.44. The molecule has 0 aliphatic rings. The van der Waals surface area contributed by atoms with Gasteiger partial charge < -0.3 is 14.2 Å². The van der Waals surface area contributed by atoms with E-state index in [0.717, 1.165) is 116 Å². The molecule has 0 amide bonds. The fourth-order valence-corrected chi connectivity index (χ4v) is 8.09. The van der Waals surface area contributed by atoms with Crippen LogP contribution < -0.4 is 0 Å². The molecule has 420 valence electrons. The average molecular weight is 1030 g/mol. The molecule has 0 saturated heterocycles. The standard InChI is InChI=1S/C68H112O6/c1-4-7-10-13-16-19-22-25-28-31-33-34-35-38-40-43-46-49-52-55-58-61-67(70)73-64-65(63-72-66(69)60-57-54-51-48-45-42-39-36-30-27-24-21-18-15-12-9-6-3)74-68(71)62-59-56-53-50-47-44-41-37-32-29-26-23-20-17-14-11-8-5-2/h7,10,16,18-21,23,25,27-30,32-34,38,40,46,49,65H,4-6,8-9,11-15,17,22,24,26,31,35-37,39,41-45,47-48,50-64H2,1-3H3/b10-7-,19-16-,21-18-,23-20-,28-25-,30-27-,32-29-,34-33-,40-38-,49-46-. The van der Waals surface area contributed by atoms with Gasteiger partial charge in [-0.3, -0.25) is 14.4 Å². The zero-order valence-electron chi connectivity index (χ0n) is 48.1. The second-order valence-electron chi connectivity index (χ2n) is 19.9. The zero-order chi connectivity index (χ0) is 53.6. The highest BCUT2D eigenvalue weighted by molar-refractivity contribution is 5.71. The maximum atomic E-state index is 12.9. The first-order valence-electron chi connectivity index (χ1n) is 30.5. The lowest BCUT2D eigenvalue weighted by molar-refractivity contribution is -0.167. The van der Waals surface area contributed by atoms with Gasteiger partial charge in [0, 0.05) is 19.3 Å². The average Bonchev–Trinajstić information content (AvgIpc) is 3.40. The zero-order valence-corrected chi connectivity index (χ0v) is 48.1. The Labute approximate surface area is 456 Å². The quantitative estimate of drug-likeness (QED) is 0.0261. The first-order chi connectivity index (χ1) is 36.5. The molecule has 0 spiro atoms. The topological polar surface area (TPSA) is 78.9 Å². The number of carbonyl (C=O) groups excluding carboxylic acids is 3. The molecule has 1 unspecified atom stereocenters. The number of hydrogen-bond acceptors (Lipinski definition) is 6. The summed E-state index contributed by atoms with van der Waals surface area (Å²) in [6.07, 6.45) is 84.7. The lowest BCUT2D eigenvalue weighted by Crippen LogP contribution is -2.30. The Kier molecular flexibility index (Phi) is 57.9. The van der Waals surface area contributed by atoms with Crippen molar-refractivity contribution in [3.63, 3.8) is 0 Å². The number of carbonyl (C=O) groups is 3. The summed E-state index contributed by atoms with van der Waals surface area (Å²) < 4.78 is 16.9. The summed E-state index contributed by atoms with van der Waals surface area (Å²) in [5, 5.41) is 0. The van der Waals surface area contributed by atoms with Crippen molar-refractivity contribution in [3.05, 3.63) is 122 Å². The van der Waals surface area contributed by atoms with E-state index in [4.69, 9.17) is 14.2 Å². The second-order valence-corrected chi connectivity index (χ2v) is 19.9. The van der Waals surface area contributed by atoms with Crippen molar-refractivity contribution in [1.29, 1.82) is 0 Å². The van der Waals surface area contributed by atoms with Crippen molar-refractivity contribution in [2.45, 2.75) is 277 Å². The van der Waals surface area contributed by atoms with Crippen LogP contribution in [0.4, 0.5) is 0 Å². The molecule has 6 heteroatoms. The summed E-state index contributed by atoms with van der Waals surface area (Å²) in [5.74, 6) is -0.960. The normalized spacial score (nSPS) is 13.0. The van der Waals surface area contributed by atoms with Gasteiger partial charge in [0.2, 0.25) is 0 Å². The molecule has 0 radical (unpaired) electrons. The molecule has 0 fully saturated rings. The van der Waals surface area contributed by atoms with Gasteiger partial charge in [-0.05, 0) is 135 Å². The molecule has 0 saturated carbocycles.